The van der Waals surface area contributed by atoms with Crippen molar-refractivity contribution in [3.8, 4) is 11.5 Å². The van der Waals surface area contributed by atoms with Crippen molar-refractivity contribution in [2.45, 2.75) is 25.8 Å². The summed E-state index contributed by atoms with van der Waals surface area (Å²) in [5.41, 5.74) is 0.232. The maximum Gasteiger partial charge on any atom is 0.337 e. The number of hydrogen-bond donors (Lipinski definition) is 2. The lowest BCUT2D eigenvalue weighted by Crippen LogP contribution is -2.46. The molecule has 10 heteroatoms. The molecule has 27 heavy (non-hydrogen) atoms. The molecular weight excluding hydrogens is 358 g/mol. The Hall–Kier alpha value is -3.30. The van der Waals surface area contributed by atoms with Crippen molar-refractivity contribution in [2.24, 2.45) is 0 Å². The molecule has 0 bridgehead atoms. The van der Waals surface area contributed by atoms with E-state index in [1.165, 1.54) is 33.5 Å². The third-order valence-corrected chi connectivity index (χ3v) is 4.10. The molecule has 1 atom stereocenters. The van der Waals surface area contributed by atoms with Gasteiger partial charge < -0.3 is 24.8 Å². The van der Waals surface area contributed by atoms with Crippen LogP contribution in [0.25, 0.3) is 0 Å². The third kappa shape index (κ3) is 3.94. The minimum absolute atomic E-state index is 0.0847. The predicted molar refractivity (Wildman–Crippen MR) is 94.6 cm³/mol. The number of allylic oxidation sites excluding steroid dienone is 1. The van der Waals surface area contributed by atoms with Gasteiger partial charge in [-0.1, -0.05) is 13.3 Å². The minimum atomic E-state index is -1.08. The number of nitro groups is 1. The van der Waals surface area contributed by atoms with E-state index in [9.17, 15) is 19.7 Å². The van der Waals surface area contributed by atoms with Gasteiger partial charge >= 0.3 is 12.0 Å². The normalized spacial score (nSPS) is 16.3. The van der Waals surface area contributed by atoms with E-state index in [1.54, 1.807) is 0 Å². The van der Waals surface area contributed by atoms with Crippen LogP contribution in [0.5, 0.6) is 11.5 Å². The van der Waals surface area contributed by atoms with Gasteiger partial charge in [0.2, 0.25) is 0 Å². The zero-order valence-corrected chi connectivity index (χ0v) is 15.5. The summed E-state index contributed by atoms with van der Waals surface area (Å²) < 4.78 is 15.2. The lowest BCUT2D eigenvalue weighted by molar-refractivity contribution is -0.385. The summed E-state index contributed by atoms with van der Waals surface area (Å²) in [7, 11) is 3.94. The van der Waals surface area contributed by atoms with Crippen LogP contribution in [0.4, 0.5) is 10.5 Å². The number of hydrogen-bond acceptors (Lipinski definition) is 7. The Kier molecular flexibility index (Phi) is 6.22. The van der Waals surface area contributed by atoms with Crippen molar-refractivity contribution in [2.75, 3.05) is 21.3 Å². The predicted octanol–water partition coefficient (Wildman–Crippen LogP) is 2.19. The number of methoxy groups -OCH3 is 3. The summed E-state index contributed by atoms with van der Waals surface area (Å²) in [4.78, 5) is 35.5. The second-order valence-electron chi connectivity index (χ2n) is 5.69. The molecule has 0 aromatic heterocycles. The van der Waals surface area contributed by atoms with Gasteiger partial charge in [0.15, 0.2) is 11.5 Å². The van der Waals surface area contributed by atoms with Crippen LogP contribution in [-0.4, -0.2) is 38.3 Å². The number of nitrogens with one attached hydrogen (secondary N) is 2. The summed E-state index contributed by atoms with van der Waals surface area (Å²) in [6, 6.07) is 0.921. The number of ether oxygens (including phenoxy) is 3. The van der Waals surface area contributed by atoms with Crippen LogP contribution in [0, 0.1) is 10.1 Å². The fraction of sp³-hybridized carbons (Fsp3) is 0.412. The highest BCUT2D eigenvalue weighted by Crippen LogP contribution is 2.41. The number of nitrogens with zero attached hydrogens (tertiary/aromatic N) is 1. The number of carbonyl (C=O) groups is 2. The van der Waals surface area contributed by atoms with E-state index in [0.717, 1.165) is 0 Å². The number of nitro benzene ring substituents is 1. The number of rotatable bonds is 7. The SMILES string of the molecule is CCCC1=C(C(=O)OC)C(c2cc(OC)c(OC)cc2[N+](=O)[O-])NC(=O)N1. The molecule has 0 saturated carbocycles. The molecule has 0 fully saturated rings. The minimum Gasteiger partial charge on any atom is -0.493 e. The molecule has 2 amide bonds. The fourth-order valence-corrected chi connectivity index (χ4v) is 2.92. The number of carbonyl (C=O) groups excluding carboxylic acids is 2. The maximum absolute atomic E-state index is 12.4. The van der Waals surface area contributed by atoms with Gasteiger partial charge in [0, 0.05) is 5.70 Å². The van der Waals surface area contributed by atoms with Crippen LogP contribution in [0.15, 0.2) is 23.4 Å². The Labute approximate surface area is 155 Å². The van der Waals surface area contributed by atoms with Crippen LogP contribution >= 0.6 is 0 Å². The molecule has 1 unspecified atom stereocenters. The van der Waals surface area contributed by atoms with Gasteiger partial charge in [0.1, 0.15) is 0 Å². The van der Waals surface area contributed by atoms with Crippen molar-refractivity contribution in [1.29, 1.82) is 0 Å². The highest BCUT2D eigenvalue weighted by molar-refractivity contribution is 5.95. The second kappa shape index (κ2) is 8.39. The van der Waals surface area contributed by atoms with Gasteiger partial charge in [-0.25, -0.2) is 9.59 Å². The van der Waals surface area contributed by atoms with E-state index in [-0.39, 0.29) is 28.3 Å². The van der Waals surface area contributed by atoms with Crippen molar-refractivity contribution in [3.05, 3.63) is 39.1 Å². The van der Waals surface area contributed by atoms with E-state index >= 15 is 0 Å². The smallest absolute Gasteiger partial charge is 0.337 e. The quantitative estimate of drug-likeness (QED) is 0.422. The maximum atomic E-state index is 12.4. The van der Waals surface area contributed by atoms with Gasteiger partial charge in [0.05, 0.1) is 49.5 Å². The molecule has 1 aromatic carbocycles. The van der Waals surface area contributed by atoms with E-state index in [2.05, 4.69) is 10.6 Å². The van der Waals surface area contributed by atoms with E-state index in [4.69, 9.17) is 14.2 Å². The molecule has 1 aromatic rings. The summed E-state index contributed by atoms with van der Waals surface area (Å²) in [6.07, 6.45) is 1.05. The van der Waals surface area contributed by atoms with Crippen LogP contribution < -0.4 is 20.1 Å². The lowest BCUT2D eigenvalue weighted by atomic mass is 9.92. The largest absolute Gasteiger partial charge is 0.493 e. The number of esters is 1. The van der Waals surface area contributed by atoms with Gasteiger partial charge in [-0.2, -0.15) is 0 Å². The van der Waals surface area contributed by atoms with E-state index < -0.39 is 23.0 Å². The Morgan fingerprint density at radius 1 is 1.22 bits per heavy atom. The van der Waals surface area contributed by atoms with Crippen molar-refractivity contribution < 1.29 is 28.7 Å². The molecule has 1 heterocycles. The number of amides is 2. The fourth-order valence-electron chi connectivity index (χ4n) is 2.92. The monoisotopic (exact) mass is 379 g/mol. The zero-order chi connectivity index (χ0) is 20.1. The first kappa shape index (κ1) is 20.0. The summed E-state index contributed by atoms with van der Waals surface area (Å²) in [6.45, 7) is 1.88. The van der Waals surface area contributed by atoms with Crippen LogP contribution in [0.2, 0.25) is 0 Å². The third-order valence-electron chi connectivity index (χ3n) is 4.10. The Morgan fingerprint density at radius 2 is 1.85 bits per heavy atom. The second-order valence-corrected chi connectivity index (χ2v) is 5.69. The molecule has 1 aliphatic rings. The molecule has 0 spiro atoms. The standard InChI is InChI=1S/C17H21N3O7/c1-5-6-10-14(16(21)27-4)15(19-17(22)18-10)9-7-12(25-2)13(26-3)8-11(9)20(23)24/h7-8,15H,5-6H2,1-4H3,(H2,18,19,22). The van der Waals surface area contributed by atoms with Crippen molar-refractivity contribution in [3.63, 3.8) is 0 Å². The van der Waals surface area contributed by atoms with E-state index in [0.29, 0.717) is 18.5 Å². The molecule has 10 nitrogen and oxygen atoms in total. The van der Waals surface area contributed by atoms with E-state index in [1.807, 2.05) is 6.92 Å². The van der Waals surface area contributed by atoms with Gasteiger partial charge in [-0.05, 0) is 12.5 Å². The Balaban J connectivity index is 2.75. The molecular formula is C17H21N3O7. The zero-order valence-electron chi connectivity index (χ0n) is 15.5. The first-order valence-electron chi connectivity index (χ1n) is 8.17. The molecule has 0 aliphatic carbocycles. The van der Waals surface area contributed by atoms with Gasteiger partial charge in [0.25, 0.3) is 5.69 Å². The average molecular weight is 379 g/mol. The average Bonchev–Trinajstić information content (AvgIpc) is 2.65. The summed E-state index contributed by atoms with van der Waals surface area (Å²) >= 11 is 0. The Bertz CT molecular complexity index is 804. The lowest BCUT2D eigenvalue weighted by Gasteiger charge is -2.29. The van der Waals surface area contributed by atoms with Crippen molar-refractivity contribution >= 4 is 17.7 Å². The Morgan fingerprint density at radius 3 is 2.37 bits per heavy atom. The number of urea groups is 1. The number of benzene rings is 1. The first-order chi connectivity index (χ1) is 12.9. The summed E-state index contributed by atoms with van der Waals surface area (Å²) in [5, 5.41) is 16.8. The summed E-state index contributed by atoms with van der Waals surface area (Å²) in [5.74, 6) is -0.308. The molecule has 2 rings (SSSR count). The molecule has 146 valence electrons. The van der Waals surface area contributed by atoms with Crippen LogP contribution in [0.1, 0.15) is 31.4 Å². The first-order valence-corrected chi connectivity index (χ1v) is 8.17. The molecule has 0 radical (unpaired) electrons. The van der Waals surface area contributed by atoms with Gasteiger partial charge in [-0.3, -0.25) is 10.1 Å². The topological polar surface area (TPSA) is 129 Å². The highest BCUT2D eigenvalue weighted by Gasteiger charge is 2.37. The highest BCUT2D eigenvalue weighted by atomic mass is 16.6. The van der Waals surface area contributed by atoms with Crippen LogP contribution in [0.3, 0.4) is 0 Å². The van der Waals surface area contributed by atoms with Gasteiger partial charge in [-0.15, -0.1) is 0 Å². The van der Waals surface area contributed by atoms with Crippen molar-refractivity contribution in [1.82, 2.24) is 10.6 Å². The van der Waals surface area contributed by atoms with Crippen LogP contribution in [-0.2, 0) is 9.53 Å². The molecule has 0 saturated heterocycles. The molecule has 2 N–H and O–H groups in total. The molecule has 1 aliphatic heterocycles.